The molecule has 1 aliphatic heterocycles. The van der Waals surface area contributed by atoms with Crippen molar-refractivity contribution in [2.45, 2.75) is 13.0 Å². The number of rotatable bonds is 6. The summed E-state index contributed by atoms with van der Waals surface area (Å²) in [6.07, 6.45) is 4.54. The first kappa shape index (κ1) is 20.1. The van der Waals surface area contributed by atoms with E-state index < -0.39 is 11.8 Å². The molecular weight excluding hydrogens is 404 g/mol. The van der Waals surface area contributed by atoms with Crippen LogP contribution in [0.1, 0.15) is 17.5 Å². The second kappa shape index (κ2) is 7.69. The fourth-order valence-electron chi connectivity index (χ4n) is 4.51. The third-order valence-electron chi connectivity index (χ3n) is 5.95. The van der Waals surface area contributed by atoms with E-state index in [4.69, 9.17) is 0 Å². The molecule has 2 aromatic carbocycles. The van der Waals surface area contributed by atoms with Crippen LogP contribution in [0.15, 0.2) is 54.9 Å². The van der Waals surface area contributed by atoms with Gasteiger partial charge in [-0.15, -0.1) is 0 Å². The maximum atomic E-state index is 13.0. The van der Waals surface area contributed by atoms with Crippen LogP contribution in [0.25, 0.3) is 33.0 Å². The molecular formula is C25H24N4O3. The number of phenolic OH excluding ortho intramolecular Hbond substituents is 1. The number of hydrogen-bond acceptors (Lipinski definition) is 4. The van der Waals surface area contributed by atoms with Crippen LogP contribution in [0.2, 0.25) is 0 Å². The molecule has 7 heteroatoms. The Labute approximate surface area is 184 Å². The SMILES string of the molecule is CN(C)CCCn1cc(C2=C(c3c[nH]c4ccccc34)C(=O)NC2=O)c2c(O)cccc21. The van der Waals surface area contributed by atoms with E-state index in [1.54, 1.807) is 18.3 Å². The Bertz CT molecular complexity index is 1410. The van der Waals surface area contributed by atoms with Gasteiger partial charge in [-0.2, -0.15) is 0 Å². The highest BCUT2D eigenvalue weighted by Crippen LogP contribution is 2.40. The molecule has 32 heavy (non-hydrogen) atoms. The molecule has 0 aliphatic carbocycles. The Morgan fingerprint density at radius 1 is 0.969 bits per heavy atom. The maximum Gasteiger partial charge on any atom is 0.259 e. The van der Waals surface area contributed by atoms with Crippen LogP contribution in [0.4, 0.5) is 0 Å². The summed E-state index contributed by atoms with van der Waals surface area (Å²) >= 11 is 0. The molecule has 162 valence electrons. The second-order valence-electron chi connectivity index (χ2n) is 8.35. The standard InChI is InChI=1S/C25H24N4O3/c1-28(2)11-6-12-29-14-17(21-19(29)9-5-10-20(21)30)23-22(24(31)27-25(23)32)16-13-26-18-8-4-3-7-15(16)18/h3-5,7-10,13-14,26,30H,6,11-12H2,1-2H3,(H,27,31,32). The average Bonchev–Trinajstić information content (AvgIpc) is 3.41. The number of carbonyl (C=O) groups excluding carboxylic acids is 2. The zero-order chi connectivity index (χ0) is 22.4. The van der Waals surface area contributed by atoms with Crippen molar-refractivity contribution in [3.8, 4) is 5.75 Å². The molecule has 0 bridgehead atoms. The second-order valence-corrected chi connectivity index (χ2v) is 8.35. The Hall–Kier alpha value is -3.84. The van der Waals surface area contributed by atoms with Gasteiger partial charge in [0.1, 0.15) is 5.75 Å². The first-order valence-corrected chi connectivity index (χ1v) is 10.6. The molecule has 5 rings (SSSR count). The van der Waals surface area contributed by atoms with Gasteiger partial charge in [0.15, 0.2) is 0 Å². The Kier molecular flexibility index (Phi) is 4.83. The van der Waals surface area contributed by atoms with Crippen molar-refractivity contribution in [1.82, 2.24) is 19.8 Å². The summed E-state index contributed by atoms with van der Waals surface area (Å²) in [4.78, 5) is 31.2. The molecule has 0 atom stereocenters. The van der Waals surface area contributed by atoms with E-state index in [0.717, 1.165) is 35.9 Å². The lowest BCUT2D eigenvalue weighted by atomic mass is 9.95. The molecule has 0 saturated carbocycles. The molecule has 0 saturated heterocycles. The van der Waals surface area contributed by atoms with Crippen LogP contribution >= 0.6 is 0 Å². The Morgan fingerprint density at radius 3 is 2.50 bits per heavy atom. The van der Waals surface area contributed by atoms with Crippen LogP contribution in [0.5, 0.6) is 5.75 Å². The number of amides is 2. The number of benzene rings is 2. The number of carbonyl (C=O) groups is 2. The predicted octanol–water partition coefficient (Wildman–Crippen LogP) is 3.35. The highest BCUT2D eigenvalue weighted by Gasteiger charge is 2.35. The largest absolute Gasteiger partial charge is 0.507 e. The van der Waals surface area contributed by atoms with Crippen LogP contribution in [0.3, 0.4) is 0 Å². The molecule has 2 aromatic heterocycles. The van der Waals surface area contributed by atoms with E-state index >= 15 is 0 Å². The number of aromatic hydroxyl groups is 1. The monoisotopic (exact) mass is 428 g/mol. The molecule has 0 radical (unpaired) electrons. The number of H-pyrrole nitrogens is 1. The lowest BCUT2D eigenvalue weighted by Gasteiger charge is -2.10. The number of nitrogens with one attached hydrogen (secondary N) is 2. The fraction of sp³-hybridized carbons (Fsp3) is 0.200. The van der Waals surface area contributed by atoms with Crippen LogP contribution in [-0.2, 0) is 16.1 Å². The summed E-state index contributed by atoms with van der Waals surface area (Å²) in [5.41, 5.74) is 3.56. The van der Waals surface area contributed by atoms with Crippen molar-refractivity contribution in [2.75, 3.05) is 20.6 Å². The van der Waals surface area contributed by atoms with Gasteiger partial charge in [0.05, 0.1) is 16.7 Å². The minimum Gasteiger partial charge on any atom is -0.507 e. The minimum atomic E-state index is -0.453. The van der Waals surface area contributed by atoms with Gasteiger partial charge >= 0.3 is 0 Å². The molecule has 4 aromatic rings. The summed E-state index contributed by atoms with van der Waals surface area (Å²) < 4.78 is 2.05. The number of aromatic nitrogens is 2. The predicted molar refractivity (Wildman–Crippen MR) is 125 cm³/mol. The third-order valence-corrected chi connectivity index (χ3v) is 5.95. The van der Waals surface area contributed by atoms with Crippen molar-refractivity contribution in [2.24, 2.45) is 0 Å². The summed E-state index contributed by atoms with van der Waals surface area (Å²) in [5, 5.41) is 14.6. The number of phenols is 1. The lowest BCUT2D eigenvalue weighted by molar-refractivity contribution is -0.122. The van der Waals surface area contributed by atoms with E-state index in [9.17, 15) is 14.7 Å². The number of fused-ring (bicyclic) bond motifs is 2. The maximum absolute atomic E-state index is 13.0. The van der Waals surface area contributed by atoms with Gasteiger partial charge in [0, 0.05) is 46.4 Å². The normalized spacial score (nSPS) is 14.3. The van der Waals surface area contributed by atoms with Gasteiger partial charge in [-0.1, -0.05) is 24.3 Å². The number of aryl methyl sites for hydroxylation is 1. The number of aromatic amines is 1. The number of para-hydroxylation sites is 1. The fourth-order valence-corrected chi connectivity index (χ4v) is 4.51. The van der Waals surface area contributed by atoms with E-state index in [1.165, 1.54) is 0 Å². The van der Waals surface area contributed by atoms with E-state index in [-0.39, 0.29) is 11.3 Å². The number of hydrogen-bond donors (Lipinski definition) is 3. The molecule has 7 nitrogen and oxygen atoms in total. The van der Waals surface area contributed by atoms with E-state index in [2.05, 4.69) is 15.2 Å². The zero-order valence-corrected chi connectivity index (χ0v) is 18.0. The summed E-state index contributed by atoms with van der Waals surface area (Å²) in [6.45, 7) is 1.64. The van der Waals surface area contributed by atoms with Crippen LogP contribution in [0, 0.1) is 0 Å². The topological polar surface area (TPSA) is 90.4 Å². The van der Waals surface area contributed by atoms with Crippen molar-refractivity contribution in [3.05, 3.63) is 66.0 Å². The van der Waals surface area contributed by atoms with Gasteiger partial charge in [-0.3, -0.25) is 14.9 Å². The first-order valence-electron chi connectivity index (χ1n) is 10.6. The molecule has 1 aliphatic rings. The third kappa shape index (κ3) is 3.18. The van der Waals surface area contributed by atoms with Gasteiger partial charge in [0.25, 0.3) is 11.8 Å². The highest BCUT2D eigenvalue weighted by molar-refractivity contribution is 6.50. The summed E-state index contributed by atoms with van der Waals surface area (Å²) in [6, 6.07) is 13.0. The molecule has 0 fully saturated rings. The van der Waals surface area contributed by atoms with Gasteiger partial charge in [-0.05, 0) is 45.3 Å². The number of nitrogens with zero attached hydrogens (tertiary/aromatic N) is 2. The Balaban J connectivity index is 1.74. The molecule has 0 unspecified atom stereocenters. The zero-order valence-electron chi connectivity index (χ0n) is 18.0. The lowest BCUT2D eigenvalue weighted by Crippen LogP contribution is -2.22. The van der Waals surface area contributed by atoms with Gasteiger partial charge in [-0.25, -0.2) is 0 Å². The quantitative estimate of drug-likeness (QED) is 0.411. The average molecular weight is 428 g/mol. The van der Waals surface area contributed by atoms with Crippen molar-refractivity contribution < 1.29 is 14.7 Å². The van der Waals surface area contributed by atoms with Crippen molar-refractivity contribution in [3.63, 3.8) is 0 Å². The van der Waals surface area contributed by atoms with Crippen LogP contribution < -0.4 is 5.32 Å². The smallest absolute Gasteiger partial charge is 0.259 e. The van der Waals surface area contributed by atoms with Gasteiger partial charge < -0.3 is 19.6 Å². The summed E-state index contributed by atoms with van der Waals surface area (Å²) in [7, 11) is 4.05. The first-order chi connectivity index (χ1) is 15.5. The van der Waals surface area contributed by atoms with E-state index in [1.807, 2.05) is 55.2 Å². The minimum absolute atomic E-state index is 0.0850. The summed E-state index contributed by atoms with van der Waals surface area (Å²) in [5.74, 6) is -0.800. The van der Waals surface area contributed by atoms with Crippen LogP contribution in [-0.4, -0.2) is 52.0 Å². The molecule has 3 heterocycles. The van der Waals surface area contributed by atoms with E-state index in [0.29, 0.717) is 22.1 Å². The molecule has 3 N–H and O–H groups in total. The Morgan fingerprint density at radius 2 is 1.72 bits per heavy atom. The highest BCUT2D eigenvalue weighted by atomic mass is 16.3. The van der Waals surface area contributed by atoms with Crippen molar-refractivity contribution in [1.29, 1.82) is 0 Å². The number of imide groups is 1. The molecule has 2 amide bonds. The van der Waals surface area contributed by atoms with Gasteiger partial charge in [0.2, 0.25) is 0 Å². The van der Waals surface area contributed by atoms with Crippen molar-refractivity contribution >= 4 is 44.8 Å². The molecule has 0 spiro atoms.